The van der Waals surface area contributed by atoms with E-state index in [0.717, 1.165) is 22.4 Å². The molecule has 0 radical (unpaired) electrons. The van der Waals surface area contributed by atoms with Gasteiger partial charge in [0.2, 0.25) is 6.41 Å². The third kappa shape index (κ3) is 2.47. The first-order chi connectivity index (χ1) is 9.71. The third-order valence-electron chi connectivity index (χ3n) is 3.19. The summed E-state index contributed by atoms with van der Waals surface area (Å²) in [5.74, 6) is 0. The maximum absolute atomic E-state index is 10.6. The molecule has 20 heavy (non-hydrogen) atoms. The first-order valence-electron chi connectivity index (χ1n) is 6.23. The van der Waals surface area contributed by atoms with Gasteiger partial charge in [-0.2, -0.15) is 5.26 Å². The summed E-state index contributed by atoms with van der Waals surface area (Å²) in [6, 6.07) is 13.5. The molecular weight excluding hydrogens is 250 g/mol. The van der Waals surface area contributed by atoms with E-state index in [1.165, 1.54) is 0 Å². The fraction of sp³-hybridized carbons (Fsp3) is 0.125. The molecule has 0 atom stereocenters. The minimum absolute atomic E-state index is 0.642. The summed E-state index contributed by atoms with van der Waals surface area (Å²) in [7, 11) is 1.79. The Hall–Kier alpha value is -2.80. The number of benzene rings is 2. The van der Waals surface area contributed by atoms with Crippen molar-refractivity contribution in [3.05, 3.63) is 47.5 Å². The lowest BCUT2D eigenvalue weighted by Crippen LogP contribution is -2.00. The van der Waals surface area contributed by atoms with Crippen molar-refractivity contribution < 1.29 is 4.79 Å². The summed E-state index contributed by atoms with van der Waals surface area (Å²) in [6.45, 7) is 1.98. The predicted octanol–water partition coefficient (Wildman–Crippen LogP) is 3.14. The molecule has 4 heteroatoms. The van der Waals surface area contributed by atoms with E-state index in [9.17, 15) is 10.1 Å². The van der Waals surface area contributed by atoms with Crippen LogP contribution in [-0.4, -0.2) is 13.5 Å². The molecule has 2 aromatic carbocycles. The highest BCUT2D eigenvalue weighted by Gasteiger charge is 2.10. The van der Waals surface area contributed by atoms with Crippen LogP contribution in [0, 0.1) is 18.3 Å². The zero-order chi connectivity index (χ0) is 14.5. The number of nitrogens with zero attached hydrogens (tertiary/aromatic N) is 1. The van der Waals surface area contributed by atoms with Crippen LogP contribution in [0.15, 0.2) is 36.4 Å². The number of hydrogen-bond acceptors (Lipinski definition) is 3. The Morgan fingerprint density at radius 1 is 1.20 bits per heavy atom. The standard InChI is InChI=1S/C16H15N3O/c1-11-4-3-5-13(9-17)16(11)12-6-7-14(19-10-20)15(8-12)18-2/h3-8,10,18H,1-2H3,(H,19,20). The molecule has 0 aliphatic rings. The quantitative estimate of drug-likeness (QED) is 0.835. The highest BCUT2D eigenvalue weighted by atomic mass is 16.1. The van der Waals surface area contributed by atoms with Crippen LogP contribution >= 0.6 is 0 Å². The van der Waals surface area contributed by atoms with Crippen molar-refractivity contribution in [2.45, 2.75) is 6.92 Å². The Morgan fingerprint density at radius 2 is 2.00 bits per heavy atom. The van der Waals surface area contributed by atoms with Gasteiger partial charge in [-0.05, 0) is 36.2 Å². The van der Waals surface area contributed by atoms with E-state index >= 15 is 0 Å². The molecule has 100 valence electrons. The smallest absolute Gasteiger partial charge is 0.211 e. The van der Waals surface area contributed by atoms with Crippen LogP contribution in [0.2, 0.25) is 0 Å². The van der Waals surface area contributed by atoms with Gasteiger partial charge in [0.15, 0.2) is 0 Å². The highest BCUT2D eigenvalue weighted by molar-refractivity contribution is 5.85. The Labute approximate surface area is 118 Å². The molecule has 0 bridgehead atoms. The lowest BCUT2D eigenvalue weighted by Gasteiger charge is -2.13. The first-order valence-corrected chi connectivity index (χ1v) is 6.23. The molecule has 0 aliphatic carbocycles. The number of rotatable bonds is 4. The Kier molecular flexibility index (Phi) is 4.02. The summed E-state index contributed by atoms with van der Waals surface area (Å²) in [6.07, 6.45) is 0.643. The van der Waals surface area contributed by atoms with Gasteiger partial charge in [0.1, 0.15) is 0 Å². The average molecular weight is 265 g/mol. The largest absolute Gasteiger partial charge is 0.386 e. The molecule has 0 heterocycles. The van der Waals surface area contributed by atoms with Gasteiger partial charge in [-0.25, -0.2) is 0 Å². The van der Waals surface area contributed by atoms with Crippen molar-refractivity contribution in [2.24, 2.45) is 0 Å². The fourth-order valence-corrected chi connectivity index (χ4v) is 2.24. The van der Waals surface area contributed by atoms with Crippen LogP contribution in [0.25, 0.3) is 11.1 Å². The van der Waals surface area contributed by atoms with Crippen molar-refractivity contribution in [1.29, 1.82) is 5.26 Å². The summed E-state index contributed by atoms with van der Waals surface area (Å²) in [5.41, 5.74) is 5.06. The maximum Gasteiger partial charge on any atom is 0.211 e. The minimum Gasteiger partial charge on any atom is -0.386 e. The van der Waals surface area contributed by atoms with Crippen LogP contribution in [0.3, 0.4) is 0 Å². The number of amides is 1. The van der Waals surface area contributed by atoms with Crippen molar-refractivity contribution in [3.8, 4) is 17.2 Å². The molecule has 0 aliphatic heterocycles. The van der Waals surface area contributed by atoms with E-state index in [1.807, 2.05) is 37.3 Å². The molecule has 1 amide bonds. The molecule has 2 aromatic rings. The van der Waals surface area contributed by atoms with Crippen molar-refractivity contribution >= 4 is 17.8 Å². The normalized spacial score (nSPS) is 9.65. The van der Waals surface area contributed by atoms with Crippen LogP contribution in [-0.2, 0) is 4.79 Å². The monoisotopic (exact) mass is 265 g/mol. The molecule has 0 saturated carbocycles. The first kappa shape index (κ1) is 13.6. The van der Waals surface area contributed by atoms with E-state index in [-0.39, 0.29) is 0 Å². The van der Waals surface area contributed by atoms with Crippen LogP contribution < -0.4 is 10.6 Å². The number of aryl methyl sites for hydroxylation is 1. The van der Waals surface area contributed by atoms with Gasteiger partial charge in [-0.1, -0.05) is 18.2 Å². The number of carbonyl (C=O) groups is 1. The van der Waals surface area contributed by atoms with Crippen LogP contribution in [0.4, 0.5) is 11.4 Å². The van der Waals surface area contributed by atoms with E-state index in [4.69, 9.17) is 0 Å². The summed E-state index contributed by atoms with van der Waals surface area (Å²) in [5, 5.41) is 14.9. The van der Waals surface area contributed by atoms with Gasteiger partial charge in [-0.3, -0.25) is 4.79 Å². The zero-order valence-electron chi connectivity index (χ0n) is 11.4. The molecular formula is C16H15N3O. The summed E-state index contributed by atoms with van der Waals surface area (Å²) >= 11 is 0. The van der Waals surface area contributed by atoms with Gasteiger partial charge in [-0.15, -0.1) is 0 Å². The second-order valence-corrected chi connectivity index (χ2v) is 4.38. The lowest BCUT2D eigenvalue weighted by molar-refractivity contribution is -0.105. The van der Waals surface area contributed by atoms with Gasteiger partial charge in [0.25, 0.3) is 0 Å². The molecule has 2 N–H and O–H groups in total. The Balaban J connectivity index is 2.60. The SMILES string of the molecule is CNc1cc(-c2c(C)cccc2C#N)ccc1NC=O. The second kappa shape index (κ2) is 5.89. The van der Waals surface area contributed by atoms with Crippen molar-refractivity contribution in [1.82, 2.24) is 0 Å². The van der Waals surface area contributed by atoms with Crippen molar-refractivity contribution in [3.63, 3.8) is 0 Å². The zero-order valence-corrected chi connectivity index (χ0v) is 11.4. The van der Waals surface area contributed by atoms with E-state index in [1.54, 1.807) is 13.1 Å². The Bertz CT molecular complexity index is 687. The summed E-state index contributed by atoms with van der Waals surface area (Å²) < 4.78 is 0. The average Bonchev–Trinajstić information content (AvgIpc) is 2.48. The molecule has 0 aromatic heterocycles. The fourth-order valence-electron chi connectivity index (χ4n) is 2.24. The number of carbonyl (C=O) groups excluding carboxylic acids is 1. The minimum atomic E-state index is 0.642. The maximum atomic E-state index is 10.6. The summed E-state index contributed by atoms with van der Waals surface area (Å²) in [4.78, 5) is 10.6. The number of nitriles is 1. The number of hydrogen-bond donors (Lipinski definition) is 2. The molecule has 0 unspecified atom stereocenters. The van der Waals surface area contributed by atoms with Crippen LogP contribution in [0.1, 0.15) is 11.1 Å². The topological polar surface area (TPSA) is 64.9 Å². The van der Waals surface area contributed by atoms with Gasteiger partial charge < -0.3 is 10.6 Å². The molecule has 2 rings (SSSR count). The predicted molar refractivity (Wildman–Crippen MR) is 80.6 cm³/mol. The third-order valence-corrected chi connectivity index (χ3v) is 3.19. The van der Waals surface area contributed by atoms with Gasteiger partial charge in [0, 0.05) is 12.6 Å². The van der Waals surface area contributed by atoms with E-state index in [0.29, 0.717) is 17.7 Å². The molecule has 0 fully saturated rings. The van der Waals surface area contributed by atoms with Gasteiger partial charge >= 0.3 is 0 Å². The molecule has 4 nitrogen and oxygen atoms in total. The number of nitrogens with one attached hydrogen (secondary N) is 2. The second-order valence-electron chi connectivity index (χ2n) is 4.38. The Morgan fingerprint density at radius 3 is 2.65 bits per heavy atom. The van der Waals surface area contributed by atoms with Crippen LogP contribution in [0.5, 0.6) is 0 Å². The lowest BCUT2D eigenvalue weighted by atomic mass is 9.95. The molecule has 0 spiro atoms. The van der Waals surface area contributed by atoms with E-state index in [2.05, 4.69) is 16.7 Å². The van der Waals surface area contributed by atoms with Crippen molar-refractivity contribution in [2.75, 3.05) is 17.7 Å². The highest BCUT2D eigenvalue weighted by Crippen LogP contribution is 2.32. The number of anilines is 2. The molecule has 0 saturated heterocycles. The van der Waals surface area contributed by atoms with E-state index < -0.39 is 0 Å². The van der Waals surface area contributed by atoms with Gasteiger partial charge in [0.05, 0.1) is 23.0 Å².